The van der Waals surface area contributed by atoms with Crippen LogP contribution in [0.4, 0.5) is 9.18 Å². The summed E-state index contributed by atoms with van der Waals surface area (Å²) in [4.78, 5) is 14.0. The molecule has 5 nitrogen and oxygen atoms in total. The predicted octanol–water partition coefficient (Wildman–Crippen LogP) is 3.41. The molecule has 2 N–H and O–H groups in total. The average molecular weight is 338 g/mol. The lowest BCUT2D eigenvalue weighted by Gasteiger charge is -2.28. The van der Waals surface area contributed by atoms with E-state index >= 15 is 0 Å². The highest BCUT2D eigenvalue weighted by Gasteiger charge is 2.31. The molecule has 0 radical (unpaired) electrons. The summed E-state index contributed by atoms with van der Waals surface area (Å²) in [5.74, 6) is -0.281. The first kappa shape index (κ1) is 18.5. The number of carbonyl (C=O) groups is 1. The summed E-state index contributed by atoms with van der Waals surface area (Å²) >= 11 is 0. The summed E-state index contributed by atoms with van der Waals surface area (Å²) < 4.78 is 18.6. The Hall–Kier alpha value is -1.82. The Morgan fingerprint density at radius 1 is 1.46 bits per heavy atom. The maximum absolute atomic E-state index is 13.2. The molecule has 1 aliphatic heterocycles. The van der Waals surface area contributed by atoms with Crippen molar-refractivity contribution in [2.45, 2.75) is 58.2 Å². The van der Waals surface area contributed by atoms with Crippen LogP contribution in [0.3, 0.4) is 0 Å². The molecule has 1 amide bonds. The van der Waals surface area contributed by atoms with E-state index in [0.29, 0.717) is 18.7 Å². The van der Waals surface area contributed by atoms with Crippen LogP contribution in [0.15, 0.2) is 18.2 Å². The Labute approximate surface area is 142 Å². The van der Waals surface area contributed by atoms with Gasteiger partial charge in [-0.25, -0.2) is 9.18 Å². The number of phenolic OH excluding ortho intramolecular Hbond substituents is 1. The van der Waals surface area contributed by atoms with Crippen LogP contribution >= 0.6 is 0 Å². The van der Waals surface area contributed by atoms with Gasteiger partial charge in [0.15, 0.2) is 0 Å². The van der Waals surface area contributed by atoms with Crippen molar-refractivity contribution in [1.29, 1.82) is 0 Å². The molecule has 2 rings (SSSR count). The molecular formula is C18H27FN2O3. The van der Waals surface area contributed by atoms with E-state index in [1.807, 2.05) is 20.8 Å². The predicted molar refractivity (Wildman–Crippen MR) is 90.4 cm³/mol. The first-order valence-corrected chi connectivity index (χ1v) is 8.44. The zero-order valence-electron chi connectivity index (χ0n) is 14.6. The van der Waals surface area contributed by atoms with Crippen molar-refractivity contribution in [3.05, 3.63) is 29.6 Å². The second-order valence-electron chi connectivity index (χ2n) is 7.21. The van der Waals surface area contributed by atoms with Crippen molar-refractivity contribution in [2.75, 3.05) is 13.1 Å². The highest BCUT2D eigenvalue weighted by Crippen LogP contribution is 2.23. The Bertz CT molecular complexity index is 572. The monoisotopic (exact) mass is 338 g/mol. The van der Waals surface area contributed by atoms with Crippen molar-refractivity contribution >= 4 is 6.09 Å². The summed E-state index contributed by atoms with van der Waals surface area (Å²) in [6.07, 6.45) is 2.49. The van der Waals surface area contributed by atoms with E-state index in [1.54, 1.807) is 4.90 Å². The van der Waals surface area contributed by atoms with Gasteiger partial charge in [0.05, 0.1) is 0 Å². The normalized spacial score (nSPS) is 18.0. The minimum atomic E-state index is -0.489. The lowest BCUT2D eigenvalue weighted by Crippen LogP contribution is -2.40. The number of rotatable bonds is 5. The zero-order chi connectivity index (χ0) is 17.7. The summed E-state index contributed by atoms with van der Waals surface area (Å²) in [7, 11) is 0. The van der Waals surface area contributed by atoms with Crippen molar-refractivity contribution in [1.82, 2.24) is 10.2 Å². The van der Waals surface area contributed by atoms with Gasteiger partial charge in [0.25, 0.3) is 0 Å². The number of aromatic hydroxyl groups is 1. The first-order valence-electron chi connectivity index (χ1n) is 8.44. The Morgan fingerprint density at radius 3 is 2.92 bits per heavy atom. The van der Waals surface area contributed by atoms with Crippen LogP contribution in [0.25, 0.3) is 0 Å². The van der Waals surface area contributed by atoms with E-state index in [1.165, 1.54) is 18.2 Å². The number of phenols is 1. The molecule has 0 bridgehead atoms. The maximum Gasteiger partial charge on any atom is 0.410 e. The van der Waals surface area contributed by atoms with E-state index in [0.717, 1.165) is 25.8 Å². The summed E-state index contributed by atoms with van der Waals surface area (Å²) in [6, 6.07) is 4.07. The molecule has 0 saturated carbocycles. The number of halogens is 1. The molecule has 1 fully saturated rings. The van der Waals surface area contributed by atoms with Gasteiger partial charge >= 0.3 is 6.09 Å². The third kappa shape index (κ3) is 5.37. The number of nitrogens with zero attached hydrogens (tertiary/aromatic N) is 1. The van der Waals surface area contributed by atoms with Crippen LogP contribution in [-0.4, -0.2) is 40.8 Å². The molecule has 1 atom stereocenters. The highest BCUT2D eigenvalue weighted by molar-refractivity contribution is 5.68. The highest BCUT2D eigenvalue weighted by atomic mass is 19.1. The minimum Gasteiger partial charge on any atom is -0.508 e. The van der Waals surface area contributed by atoms with E-state index < -0.39 is 5.60 Å². The van der Waals surface area contributed by atoms with Crippen LogP contribution in [0.1, 0.15) is 45.6 Å². The largest absolute Gasteiger partial charge is 0.508 e. The molecule has 1 heterocycles. The van der Waals surface area contributed by atoms with Crippen LogP contribution in [0.5, 0.6) is 5.75 Å². The molecular weight excluding hydrogens is 311 g/mol. The molecule has 0 aliphatic carbocycles. The zero-order valence-corrected chi connectivity index (χ0v) is 14.6. The molecule has 0 aromatic heterocycles. The standard InChI is InChI=1S/C18H27FN2O3/c1-18(2,3)24-17(23)21-10-4-5-15(21)8-9-20-12-13-11-14(19)6-7-16(13)22/h6-7,11,15,20,22H,4-5,8-10,12H2,1-3H3. The first-order chi connectivity index (χ1) is 11.3. The summed E-state index contributed by atoms with van der Waals surface area (Å²) in [6.45, 7) is 7.39. The number of nitrogens with one attached hydrogen (secondary N) is 1. The molecule has 1 aromatic rings. The van der Waals surface area contributed by atoms with Gasteiger partial charge in [-0.15, -0.1) is 0 Å². The molecule has 134 valence electrons. The summed E-state index contributed by atoms with van der Waals surface area (Å²) in [5, 5.41) is 12.9. The van der Waals surface area contributed by atoms with Crippen LogP contribution in [0.2, 0.25) is 0 Å². The lowest BCUT2D eigenvalue weighted by molar-refractivity contribution is 0.0220. The van der Waals surface area contributed by atoms with Gasteiger partial charge in [0.1, 0.15) is 17.2 Å². The van der Waals surface area contributed by atoms with E-state index in [2.05, 4.69) is 5.32 Å². The number of benzene rings is 1. The Kier molecular flexibility index (Phi) is 6.04. The van der Waals surface area contributed by atoms with Gasteiger partial charge in [0.2, 0.25) is 0 Å². The van der Waals surface area contributed by atoms with Crippen LogP contribution < -0.4 is 5.32 Å². The number of carbonyl (C=O) groups excluding carboxylic acids is 1. The fraction of sp³-hybridized carbons (Fsp3) is 0.611. The average Bonchev–Trinajstić information content (AvgIpc) is 2.94. The van der Waals surface area contributed by atoms with Crippen molar-refractivity contribution in [2.24, 2.45) is 0 Å². The van der Waals surface area contributed by atoms with Gasteiger partial charge in [-0.1, -0.05) is 0 Å². The van der Waals surface area contributed by atoms with E-state index in [-0.39, 0.29) is 23.7 Å². The molecule has 0 spiro atoms. The van der Waals surface area contributed by atoms with Gasteiger partial charge in [-0.05, 0) is 64.8 Å². The molecule has 1 aromatic carbocycles. The fourth-order valence-electron chi connectivity index (χ4n) is 2.88. The summed E-state index contributed by atoms with van der Waals surface area (Å²) in [5.41, 5.74) is 0.0441. The maximum atomic E-state index is 13.2. The van der Waals surface area contributed by atoms with Gasteiger partial charge in [0, 0.05) is 24.7 Å². The SMILES string of the molecule is CC(C)(C)OC(=O)N1CCCC1CCNCc1cc(F)ccc1O. The van der Waals surface area contributed by atoms with E-state index in [4.69, 9.17) is 4.74 Å². The molecule has 1 unspecified atom stereocenters. The van der Waals surface area contributed by atoms with E-state index in [9.17, 15) is 14.3 Å². The number of ether oxygens (including phenoxy) is 1. The molecule has 24 heavy (non-hydrogen) atoms. The third-order valence-corrected chi connectivity index (χ3v) is 4.02. The third-order valence-electron chi connectivity index (χ3n) is 4.02. The number of hydrogen-bond acceptors (Lipinski definition) is 4. The van der Waals surface area contributed by atoms with Crippen molar-refractivity contribution < 1.29 is 19.0 Å². The second-order valence-corrected chi connectivity index (χ2v) is 7.21. The molecule has 1 aliphatic rings. The van der Waals surface area contributed by atoms with Crippen molar-refractivity contribution in [3.63, 3.8) is 0 Å². The van der Waals surface area contributed by atoms with Crippen LogP contribution in [-0.2, 0) is 11.3 Å². The van der Waals surface area contributed by atoms with Gasteiger partial charge in [-0.3, -0.25) is 0 Å². The lowest BCUT2D eigenvalue weighted by atomic mass is 10.1. The van der Waals surface area contributed by atoms with Crippen LogP contribution in [0, 0.1) is 5.82 Å². The number of likely N-dealkylation sites (tertiary alicyclic amines) is 1. The number of hydrogen-bond donors (Lipinski definition) is 2. The fourth-order valence-corrected chi connectivity index (χ4v) is 2.88. The molecule has 6 heteroatoms. The molecule has 1 saturated heterocycles. The quantitative estimate of drug-likeness (QED) is 0.808. The number of amides is 1. The second kappa shape index (κ2) is 7.83. The van der Waals surface area contributed by atoms with Crippen molar-refractivity contribution in [3.8, 4) is 5.75 Å². The topological polar surface area (TPSA) is 61.8 Å². The Morgan fingerprint density at radius 2 is 2.21 bits per heavy atom. The minimum absolute atomic E-state index is 0.0835. The Balaban J connectivity index is 1.79. The smallest absolute Gasteiger partial charge is 0.410 e. The van der Waals surface area contributed by atoms with Gasteiger partial charge < -0.3 is 20.1 Å². The van der Waals surface area contributed by atoms with Gasteiger partial charge in [-0.2, -0.15) is 0 Å².